The van der Waals surface area contributed by atoms with Crippen LogP contribution < -0.4 is 10.6 Å². The molecule has 3 unspecified atom stereocenters. The molecule has 0 aliphatic heterocycles. The van der Waals surface area contributed by atoms with E-state index >= 15 is 0 Å². The van der Waals surface area contributed by atoms with Crippen LogP contribution in [-0.4, -0.2) is 50.1 Å². The number of aryl methyl sites for hydroxylation is 1. The Labute approximate surface area is 237 Å². The monoisotopic (exact) mass is 564 g/mol. The molecule has 0 aliphatic rings. The van der Waals surface area contributed by atoms with E-state index in [1.807, 2.05) is 54.6 Å². The van der Waals surface area contributed by atoms with Crippen LogP contribution in [0.5, 0.6) is 0 Å². The van der Waals surface area contributed by atoms with Gasteiger partial charge in [-0.15, -0.1) is 0 Å². The zero-order valence-electron chi connectivity index (χ0n) is 22.9. The van der Waals surface area contributed by atoms with Gasteiger partial charge in [0.1, 0.15) is 6.04 Å². The maximum absolute atomic E-state index is 13.2. The molecule has 0 fully saturated rings. The Morgan fingerprint density at radius 3 is 2.02 bits per heavy atom. The predicted octanol–water partition coefficient (Wildman–Crippen LogP) is 4.40. The molecule has 3 aromatic carbocycles. The predicted molar refractivity (Wildman–Crippen MR) is 156 cm³/mol. The first-order chi connectivity index (χ1) is 18.9. The normalized spacial score (nSPS) is 13.6. The molecule has 0 spiro atoms. The summed E-state index contributed by atoms with van der Waals surface area (Å²) in [5, 5.41) is 25.3. The average molecular weight is 565 g/mol. The molecule has 0 saturated heterocycles. The highest BCUT2D eigenvalue weighted by atomic mass is 32.2. The highest BCUT2D eigenvalue weighted by Gasteiger charge is 2.36. The van der Waals surface area contributed by atoms with E-state index < -0.39 is 52.6 Å². The molecule has 0 heterocycles. The molecule has 0 aliphatic carbocycles. The van der Waals surface area contributed by atoms with Gasteiger partial charge in [0, 0.05) is 33.6 Å². The molecule has 0 aromatic heterocycles. The summed E-state index contributed by atoms with van der Waals surface area (Å²) in [5.74, 6) is -3.26. The average Bonchev–Trinajstić information content (AvgIpc) is 2.91. The summed E-state index contributed by atoms with van der Waals surface area (Å²) in [6.07, 6.45) is 2.68. The van der Waals surface area contributed by atoms with Crippen molar-refractivity contribution < 1.29 is 28.8 Å². The van der Waals surface area contributed by atoms with Crippen molar-refractivity contribution in [3.63, 3.8) is 0 Å². The first kappa shape index (κ1) is 30.7. The van der Waals surface area contributed by atoms with Crippen LogP contribution in [0.1, 0.15) is 38.7 Å². The third-order valence-electron chi connectivity index (χ3n) is 6.58. The van der Waals surface area contributed by atoms with Gasteiger partial charge in [0.15, 0.2) is 0 Å². The van der Waals surface area contributed by atoms with Crippen LogP contribution in [0.2, 0.25) is 0 Å². The molecule has 0 radical (unpaired) electrons. The highest BCUT2D eigenvalue weighted by molar-refractivity contribution is 7.84. The lowest BCUT2D eigenvalue weighted by Crippen LogP contribution is -2.57. The number of benzene rings is 3. The zero-order valence-corrected chi connectivity index (χ0v) is 23.7. The number of aliphatic carboxylic acids is 1. The van der Waals surface area contributed by atoms with Crippen LogP contribution in [0.4, 0.5) is 5.69 Å². The zero-order chi connectivity index (χ0) is 29.3. The molecule has 40 heavy (non-hydrogen) atoms. The van der Waals surface area contributed by atoms with Crippen LogP contribution in [0.15, 0.2) is 83.8 Å². The summed E-state index contributed by atoms with van der Waals surface area (Å²) < 4.78 is 11.6. The second-order valence-electron chi connectivity index (χ2n) is 10.3. The Balaban J connectivity index is 1.63. The number of carbonyl (C=O) groups is 3. The van der Waals surface area contributed by atoms with E-state index in [9.17, 15) is 28.8 Å². The van der Waals surface area contributed by atoms with E-state index in [-0.39, 0.29) is 0 Å². The summed E-state index contributed by atoms with van der Waals surface area (Å²) in [4.78, 5) is 38.3. The second-order valence-corrected chi connectivity index (χ2v) is 11.7. The molecule has 4 N–H and O–H groups in total. The Morgan fingerprint density at radius 1 is 0.875 bits per heavy atom. The topological polar surface area (TPSA) is 133 Å². The fourth-order valence-corrected chi connectivity index (χ4v) is 4.87. The lowest BCUT2D eigenvalue weighted by molar-refractivity contribution is -0.142. The van der Waals surface area contributed by atoms with Gasteiger partial charge in [0.05, 0.1) is 12.0 Å². The number of aliphatic hydroxyl groups is 1. The van der Waals surface area contributed by atoms with Gasteiger partial charge in [-0.25, -0.2) is 0 Å². The van der Waals surface area contributed by atoms with E-state index in [0.29, 0.717) is 29.8 Å². The summed E-state index contributed by atoms with van der Waals surface area (Å²) in [5.41, 5.74) is 2.06. The molecule has 3 aromatic rings. The van der Waals surface area contributed by atoms with Gasteiger partial charge in [-0.1, -0.05) is 54.6 Å². The number of carbonyl (C=O) groups excluding carboxylic acids is 2. The Bertz CT molecular complexity index is 1320. The smallest absolute Gasteiger partial charge is 0.304 e. The number of rotatable bonds is 13. The van der Waals surface area contributed by atoms with E-state index in [0.717, 1.165) is 16.7 Å². The minimum absolute atomic E-state index is 0.300. The quantitative estimate of drug-likeness (QED) is 0.243. The molecule has 0 saturated carbocycles. The van der Waals surface area contributed by atoms with Crippen LogP contribution in [0.25, 0.3) is 11.1 Å². The molecule has 9 heteroatoms. The van der Waals surface area contributed by atoms with Crippen LogP contribution in [0, 0.1) is 5.92 Å². The van der Waals surface area contributed by atoms with Crippen molar-refractivity contribution in [3.8, 4) is 11.1 Å². The molecule has 3 rings (SSSR count). The molecule has 2 amide bonds. The van der Waals surface area contributed by atoms with Gasteiger partial charge in [0.2, 0.25) is 11.8 Å². The largest absolute Gasteiger partial charge is 0.481 e. The Kier molecular flexibility index (Phi) is 10.8. The van der Waals surface area contributed by atoms with E-state index in [1.54, 1.807) is 30.5 Å². The van der Waals surface area contributed by atoms with Crippen molar-refractivity contribution >= 4 is 34.3 Å². The number of carboxylic acid groups (broad SMARTS) is 1. The van der Waals surface area contributed by atoms with Crippen molar-refractivity contribution in [2.75, 3.05) is 11.6 Å². The molecule has 0 bridgehead atoms. The van der Waals surface area contributed by atoms with Gasteiger partial charge in [-0.05, 0) is 74.1 Å². The maximum Gasteiger partial charge on any atom is 0.304 e. The van der Waals surface area contributed by atoms with Gasteiger partial charge in [-0.2, -0.15) is 0 Å². The van der Waals surface area contributed by atoms with Gasteiger partial charge in [0.25, 0.3) is 0 Å². The molecular formula is C31H36N2O6S. The fourth-order valence-electron chi connectivity index (χ4n) is 4.35. The third-order valence-corrected chi connectivity index (χ3v) is 7.52. The number of anilines is 1. The number of hydrogen-bond donors (Lipinski definition) is 4. The first-order valence-corrected chi connectivity index (χ1v) is 14.6. The van der Waals surface area contributed by atoms with Crippen LogP contribution in [-0.2, 0) is 31.6 Å². The second kappa shape index (κ2) is 14.0. The highest BCUT2D eigenvalue weighted by Crippen LogP contribution is 2.22. The molecule has 3 atom stereocenters. The number of hydrogen-bond acceptors (Lipinski definition) is 5. The summed E-state index contributed by atoms with van der Waals surface area (Å²) in [6, 6.07) is 23.2. The maximum atomic E-state index is 13.2. The third kappa shape index (κ3) is 9.14. The SMILES string of the molecule is CS(=O)c1ccc(NC(=O)C(NC(=O)C(CCCc2ccc(-c3ccccc3)cc2)CC(=O)O)C(C)(C)O)cc1. The summed E-state index contributed by atoms with van der Waals surface area (Å²) in [6.45, 7) is 2.79. The molecule has 212 valence electrons. The first-order valence-electron chi connectivity index (χ1n) is 13.1. The van der Waals surface area contributed by atoms with Crippen molar-refractivity contribution in [2.45, 2.75) is 56.1 Å². The van der Waals surface area contributed by atoms with Crippen molar-refractivity contribution in [1.29, 1.82) is 0 Å². The van der Waals surface area contributed by atoms with E-state index in [1.165, 1.54) is 13.8 Å². The van der Waals surface area contributed by atoms with Crippen LogP contribution in [0.3, 0.4) is 0 Å². The number of amides is 2. The number of nitrogens with one attached hydrogen (secondary N) is 2. The summed E-state index contributed by atoms with van der Waals surface area (Å²) >= 11 is 0. The lowest BCUT2D eigenvalue weighted by Gasteiger charge is -2.30. The lowest BCUT2D eigenvalue weighted by atomic mass is 9.92. The van der Waals surface area contributed by atoms with Crippen LogP contribution >= 0.6 is 0 Å². The van der Waals surface area contributed by atoms with Crippen molar-refractivity contribution in [3.05, 3.63) is 84.4 Å². The van der Waals surface area contributed by atoms with Gasteiger partial charge in [-0.3, -0.25) is 18.6 Å². The number of carboxylic acids is 1. The van der Waals surface area contributed by atoms with E-state index in [4.69, 9.17) is 0 Å². The molecular weight excluding hydrogens is 528 g/mol. The molecule has 8 nitrogen and oxygen atoms in total. The van der Waals surface area contributed by atoms with Crippen molar-refractivity contribution in [1.82, 2.24) is 5.32 Å². The van der Waals surface area contributed by atoms with Crippen molar-refractivity contribution in [2.24, 2.45) is 5.92 Å². The Morgan fingerprint density at radius 2 is 1.48 bits per heavy atom. The van der Waals surface area contributed by atoms with E-state index in [2.05, 4.69) is 10.6 Å². The summed E-state index contributed by atoms with van der Waals surface area (Å²) in [7, 11) is -1.17. The minimum Gasteiger partial charge on any atom is -0.481 e. The minimum atomic E-state index is -1.63. The fraction of sp³-hybridized carbons (Fsp3) is 0.323. The Hall–Kier alpha value is -3.82. The van der Waals surface area contributed by atoms with Gasteiger partial charge < -0.3 is 20.8 Å². The van der Waals surface area contributed by atoms with Gasteiger partial charge >= 0.3 is 5.97 Å². The standard InChI is InChI=1S/C31H36N2O6S/c1-31(2,38)28(30(37)32-25-16-18-26(19-17-25)40(3)39)33-29(36)24(20-27(34)35)11-7-8-21-12-14-23(15-13-21)22-9-5-4-6-10-22/h4-6,9-10,12-19,24,28,38H,7-8,11,20H2,1-3H3,(H,32,37)(H,33,36)(H,34,35).